The Bertz CT molecular complexity index is 3250. The molecule has 4 heteroatoms. The Kier molecular flexibility index (Phi) is 7.20. The van der Waals surface area contributed by atoms with Gasteiger partial charge in [-0.25, -0.2) is 0 Å². The molecule has 0 bridgehead atoms. The predicted octanol–water partition coefficient (Wildman–Crippen LogP) is 15.6. The number of rotatable bonds is 4. The average molecular weight is 744 g/mol. The molecule has 0 N–H and O–H groups in total. The minimum atomic E-state index is 0.825. The van der Waals surface area contributed by atoms with E-state index >= 15 is 0 Å². The van der Waals surface area contributed by atoms with Crippen LogP contribution in [-0.2, 0) is 0 Å². The van der Waals surface area contributed by atoms with Gasteiger partial charge in [0.15, 0.2) is 0 Å². The number of hydrogen-bond donors (Lipinski definition) is 0. The van der Waals surface area contributed by atoms with Crippen molar-refractivity contribution in [1.82, 2.24) is 0 Å². The number of anilines is 3. The fourth-order valence-electron chi connectivity index (χ4n) is 8.77. The van der Waals surface area contributed by atoms with E-state index in [1.165, 1.54) is 0 Å². The van der Waals surface area contributed by atoms with Crippen LogP contribution in [0.2, 0.25) is 0 Å². The lowest BCUT2D eigenvalue weighted by atomic mass is 9.91. The lowest BCUT2D eigenvalue weighted by Crippen LogP contribution is -2.10. The van der Waals surface area contributed by atoms with Crippen LogP contribution in [0.15, 0.2) is 205 Å². The molecule has 1 aromatic heterocycles. The molecule has 9 aromatic carbocycles. The molecule has 2 aliphatic heterocycles. The molecule has 0 unspecified atom stereocenters. The van der Waals surface area contributed by atoms with Crippen molar-refractivity contribution < 1.29 is 13.9 Å². The van der Waals surface area contributed by atoms with Crippen LogP contribution >= 0.6 is 0 Å². The lowest BCUT2D eigenvalue weighted by molar-refractivity contribution is 0.487. The van der Waals surface area contributed by atoms with Crippen molar-refractivity contribution in [3.8, 4) is 78.6 Å². The molecule has 10 aromatic rings. The van der Waals surface area contributed by atoms with Crippen LogP contribution in [0, 0.1) is 0 Å². The van der Waals surface area contributed by atoms with Gasteiger partial charge in [-0.05, 0) is 112 Å². The van der Waals surface area contributed by atoms with Crippen molar-refractivity contribution in [2.45, 2.75) is 0 Å². The molecule has 0 saturated carbocycles. The first-order chi connectivity index (χ1) is 28.7. The minimum Gasteiger partial charge on any atom is -0.456 e. The Morgan fingerprint density at radius 2 is 0.759 bits per heavy atom. The highest BCUT2D eigenvalue weighted by atomic mass is 16.5. The quantitative estimate of drug-likeness (QED) is 0.180. The molecule has 0 atom stereocenters. The van der Waals surface area contributed by atoms with E-state index in [1.54, 1.807) is 0 Å². The van der Waals surface area contributed by atoms with E-state index in [0.29, 0.717) is 0 Å². The summed E-state index contributed by atoms with van der Waals surface area (Å²) in [5, 5.41) is 2.17. The summed E-state index contributed by atoms with van der Waals surface area (Å²) in [7, 11) is 0. The van der Waals surface area contributed by atoms with Gasteiger partial charge < -0.3 is 18.8 Å². The minimum absolute atomic E-state index is 0.825. The molecule has 3 heterocycles. The van der Waals surface area contributed by atoms with E-state index < -0.39 is 0 Å². The molecule has 0 aliphatic carbocycles. The van der Waals surface area contributed by atoms with E-state index in [0.717, 1.165) is 118 Å². The van der Waals surface area contributed by atoms with Crippen molar-refractivity contribution in [3.05, 3.63) is 200 Å². The van der Waals surface area contributed by atoms with Crippen molar-refractivity contribution >= 4 is 39.0 Å². The van der Waals surface area contributed by atoms with Crippen LogP contribution in [-0.4, -0.2) is 0 Å². The van der Waals surface area contributed by atoms with Gasteiger partial charge in [0.1, 0.15) is 34.2 Å². The number of furan rings is 1. The van der Waals surface area contributed by atoms with Crippen molar-refractivity contribution in [3.63, 3.8) is 0 Å². The Labute approximate surface area is 335 Å². The first-order valence-corrected chi connectivity index (χ1v) is 19.6. The topological polar surface area (TPSA) is 34.8 Å². The number of ether oxygens (including phenoxy) is 2. The molecular weight excluding hydrogens is 711 g/mol. The van der Waals surface area contributed by atoms with Crippen molar-refractivity contribution in [2.75, 3.05) is 4.90 Å². The zero-order valence-electron chi connectivity index (χ0n) is 31.2. The maximum Gasteiger partial charge on any atom is 0.135 e. The van der Waals surface area contributed by atoms with Gasteiger partial charge in [0.05, 0.1) is 0 Å². The van der Waals surface area contributed by atoms with Crippen LogP contribution < -0.4 is 14.4 Å². The van der Waals surface area contributed by atoms with Gasteiger partial charge in [-0.1, -0.05) is 121 Å². The zero-order valence-corrected chi connectivity index (χ0v) is 31.2. The third-order valence-electron chi connectivity index (χ3n) is 11.5. The summed E-state index contributed by atoms with van der Waals surface area (Å²) in [4.78, 5) is 2.33. The molecule has 0 fully saturated rings. The number of nitrogens with zero attached hydrogens (tertiary/aromatic N) is 1. The zero-order chi connectivity index (χ0) is 38.2. The molecule has 272 valence electrons. The van der Waals surface area contributed by atoms with Crippen molar-refractivity contribution in [2.24, 2.45) is 0 Å². The first-order valence-electron chi connectivity index (χ1n) is 19.6. The van der Waals surface area contributed by atoms with Gasteiger partial charge in [-0.2, -0.15) is 0 Å². The lowest BCUT2D eigenvalue weighted by Gasteiger charge is -2.27. The van der Waals surface area contributed by atoms with E-state index in [4.69, 9.17) is 13.9 Å². The Balaban J connectivity index is 1.00. The second-order valence-corrected chi connectivity index (χ2v) is 14.8. The van der Waals surface area contributed by atoms with Gasteiger partial charge in [-0.15, -0.1) is 0 Å². The molecule has 0 saturated heterocycles. The van der Waals surface area contributed by atoms with Gasteiger partial charge in [0.2, 0.25) is 0 Å². The molecule has 0 spiro atoms. The van der Waals surface area contributed by atoms with E-state index in [-0.39, 0.29) is 0 Å². The number of para-hydroxylation sites is 4. The van der Waals surface area contributed by atoms with Crippen LogP contribution in [0.5, 0.6) is 23.0 Å². The SMILES string of the molecule is c1ccc2c(c1)Oc1ccc(N(c3ccc(-c4ccc5c(c4)-c4ccccc4Oc4ccccc4-5)cc3)c3ccc4oc5ccccc5c4c3)cc1-c1ccccc1-2. The first kappa shape index (κ1) is 32.4. The third-order valence-corrected chi connectivity index (χ3v) is 11.5. The third kappa shape index (κ3) is 5.16. The van der Waals surface area contributed by atoms with Crippen molar-refractivity contribution in [1.29, 1.82) is 0 Å². The highest BCUT2D eigenvalue weighted by Crippen LogP contribution is 2.50. The van der Waals surface area contributed by atoms with Gasteiger partial charge >= 0.3 is 0 Å². The monoisotopic (exact) mass is 743 g/mol. The maximum absolute atomic E-state index is 6.64. The maximum atomic E-state index is 6.64. The fourth-order valence-corrected chi connectivity index (χ4v) is 8.77. The van der Waals surface area contributed by atoms with E-state index in [9.17, 15) is 0 Å². The molecule has 4 nitrogen and oxygen atoms in total. The van der Waals surface area contributed by atoms with Crippen LogP contribution in [0.25, 0.3) is 77.6 Å². The Hall–Kier alpha value is -7.82. The molecule has 2 aliphatic rings. The molecule has 58 heavy (non-hydrogen) atoms. The van der Waals surface area contributed by atoms with Crippen LogP contribution in [0.4, 0.5) is 17.1 Å². The standard InChI is InChI=1S/C54H33NO3/c1-2-12-40-39(11-1)42-13-3-7-17-49(42)57-53-29-26-37(32-47(40)53)55(38-27-30-54-48(33-38)45-16-6-10-20-52(45)58-54)36-24-21-34(22-25-36)35-23-28-41-43-14-4-8-18-50(43)56-51-19-9-5-15-44(51)46(41)31-35/h1-33H. The predicted molar refractivity (Wildman–Crippen MR) is 236 cm³/mol. The summed E-state index contributed by atoms with van der Waals surface area (Å²) in [5.74, 6) is 3.40. The normalized spacial score (nSPS) is 12.1. The molecule has 0 amide bonds. The van der Waals surface area contributed by atoms with Crippen LogP contribution in [0.3, 0.4) is 0 Å². The second-order valence-electron chi connectivity index (χ2n) is 14.8. The van der Waals surface area contributed by atoms with Gasteiger partial charge in [0.25, 0.3) is 0 Å². The highest BCUT2D eigenvalue weighted by Gasteiger charge is 2.24. The van der Waals surface area contributed by atoms with Gasteiger partial charge in [0, 0.05) is 50.1 Å². The summed E-state index contributed by atoms with van der Waals surface area (Å²) >= 11 is 0. The fraction of sp³-hybridized carbons (Fsp3) is 0. The van der Waals surface area contributed by atoms with Gasteiger partial charge in [-0.3, -0.25) is 0 Å². The summed E-state index contributed by atoms with van der Waals surface area (Å²) in [6.07, 6.45) is 0. The Morgan fingerprint density at radius 3 is 1.47 bits per heavy atom. The summed E-state index contributed by atoms with van der Waals surface area (Å²) in [6.45, 7) is 0. The van der Waals surface area contributed by atoms with Crippen LogP contribution in [0.1, 0.15) is 0 Å². The average Bonchev–Trinajstić information content (AvgIpc) is 3.50. The number of fused-ring (bicyclic) bond motifs is 13. The number of hydrogen-bond acceptors (Lipinski definition) is 4. The Morgan fingerprint density at radius 1 is 0.276 bits per heavy atom. The molecule has 12 rings (SSSR count). The molecular formula is C54H33NO3. The molecule has 0 radical (unpaired) electrons. The second kappa shape index (κ2) is 12.9. The van der Waals surface area contributed by atoms with E-state index in [2.05, 4.69) is 157 Å². The summed E-state index contributed by atoms with van der Waals surface area (Å²) in [6, 6.07) is 70.3. The summed E-state index contributed by atoms with van der Waals surface area (Å²) in [5.41, 5.74) is 16.0. The highest BCUT2D eigenvalue weighted by molar-refractivity contribution is 6.07. The summed E-state index contributed by atoms with van der Waals surface area (Å²) < 4.78 is 19.4. The smallest absolute Gasteiger partial charge is 0.135 e. The van der Waals surface area contributed by atoms with E-state index in [1.807, 2.05) is 48.5 Å². The largest absolute Gasteiger partial charge is 0.456 e. The number of benzene rings is 9.